The standard InChI is InChI=1S/C20H20N6O2S/c1-10-18-13(14-9-21-25(3)11(14)2)8-17(27)23-19(18)26(24-10)20-22-15-6-5-12(28-4)7-16(15)29-20/h5-7,9,13H,8H2,1-4H3,(H,23,27)/t13-/m0/s1. The molecule has 1 atom stereocenters. The Labute approximate surface area is 171 Å². The van der Waals surface area contributed by atoms with Crippen molar-refractivity contribution in [1.82, 2.24) is 24.5 Å². The van der Waals surface area contributed by atoms with E-state index in [2.05, 4.69) is 10.4 Å². The number of carbonyl (C=O) groups is 1. The van der Waals surface area contributed by atoms with Crippen LogP contribution < -0.4 is 10.1 Å². The van der Waals surface area contributed by atoms with Crippen LogP contribution in [0.5, 0.6) is 5.75 Å². The molecule has 29 heavy (non-hydrogen) atoms. The maximum atomic E-state index is 12.6. The Bertz CT molecular complexity index is 1270. The van der Waals surface area contributed by atoms with Crippen LogP contribution in [0.2, 0.25) is 0 Å². The molecule has 0 saturated heterocycles. The normalized spacial score (nSPS) is 16.1. The largest absolute Gasteiger partial charge is 0.497 e. The average Bonchev–Trinajstić information content (AvgIpc) is 3.37. The third-order valence-corrected chi connectivity index (χ3v) is 6.51. The van der Waals surface area contributed by atoms with Crippen molar-refractivity contribution in [2.45, 2.75) is 26.2 Å². The Morgan fingerprint density at radius 3 is 2.86 bits per heavy atom. The zero-order valence-electron chi connectivity index (χ0n) is 16.6. The smallest absolute Gasteiger partial charge is 0.226 e. The Kier molecular flexibility index (Phi) is 3.95. The molecule has 0 fully saturated rings. The van der Waals surface area contributed by atoms with Crippen LogP contribution in [0.1, 0.15) is 34.9 Å². The van der Waals surface area contributed by atoms with E-state index in [0.29, 0.717) is 17.4 Å². The quantitative estimate of drug-likeness (QED) is 0.562. The molecule has 0 bridgehead atoms. The molecule has 8 nitrogen and oxygen atoms in total. The van der Waals surface area contributed by atoms with Gasteiger partial charge in [-0.25, -0.2) is 4.98 Å². The van der Waals surface area contributed by atoms with Crippen LogP contribution in [0.3, 0.4) is 0 Å². The van der Waals surface area contributed by atoms with Crippen LogP contribution in [0.15, 0.2) is 24.4 Å². The minimum Gasteiger partial charge on any atom is -0.497 e. The zero-order chi connectivity index (χ0) is 20.3. The molecule has 1 aliphatic rings. The molecule has 0 aliphatic carbocycles. The van der Waals surface area contributed by atoms with Crippen LogP contribution >= 0.6 is 11.3 Å². The van der Waals surface area contributed by atoms with E-state index in [0.717, 1.165) is 38.5 Å². The lowest BCUT2D eigenvalue weighted by Crippen LogP contribution is -2.25. The van der Waals surface area contributed by atoms with Gasteiger partial charge in [0.15, 0.2) is 0 Å². The molecule has 1 aliphatic heterocycles. The maximum absolute atomic E-state index is 12.6. The summed E-state index contributed by atoms with van der Waals surface area (Å²) in [6, 6.07) is 5.77. The summed E-state index contributed by atoms with van der Waals surface area (Å²) in [5.41, 5.74) is 4.88. The number of aryl methyl sites for hydroxylation is 2. The van der Waals surface area contributed by atoms with Crippen molar-refractivity contribution in [3.05, 3.63) is 46.9 Å². The predicted molar refractivity (Wildman–Crippen MR) is 111 cm³/mol. The Hall–Kier alpha value is -3.20. The number of thiazole rings is 1. The number of aromatic nitrogens is 5. The van der Waals surface area contributed by atoms with Crippen molar-refractivity contribution < 1.29 is 9.53 Å². The van der Waals surface area contributed by atoms with Gasteiger partial charge in [0, 0.05) is 36.2 Å². The second-order valence-electron chi connectivity index (χ2n) is 7.20. The first-order valence-corrected chi connectivity index (χ1v) is 10.1. The topological polar surface area (TPSA) is 86.9 Å². The molecule has 1 N–H and O–H groups in total. The lowest BCUT2D eigenvalue weighted by molar-refractivity contribution is -0.116. The fourth-order valence-corrected chi connectivity index (χ4v) is 4.87. The van der Waals surface area contributed by atoms with Gasteiger partial charge in [-0.1, -0.05) is 11.3 Å². The van der Waals surface area contributed by atoms with Gasteiger partial charge in [0.2, 0.25) is 11.0 Å². The number of methoxy groups -OCH3 is 1. The van der Waals surface area contributed by atoms with Gasteiger partial charge in [-0.3, -0.25) is 9.48 Å². The lowest BCUT2D eigenvalue weighted by Gasteiger charge is -2.23. The number of rotatable bonds is 3. The second-order valence-corrected chi connectivity index (χ2v) is 8.21. The number of hydrogen-bond acceptors (Lipinski definition) is 6. The Balaban J connectivity index is 1.67. The number of anilines is 1. The van der Waals surface area contributed by atoms with Gasteiger partial charge in [-0.15, -0.1) is 0 Å². The van der Waals surface area contributed by atoms with Crippen molar-refractivity contribution in [2.75, 3.05) is 12.4 Å². The first-order chi connectivity index (χ1) is 14.0. The summed E-state index contributed by atoms with van der Waals surface area (Å²) in [4.78, 5) is 17.3. The van der Waals surface area contributed by atoms with E-state index < -0.39 is 0 Å². The summed E-state index contributed by atoms with van der Waals surface area (Å²) < 4.78 is 9.90. The van der Waals surface area contributed by atoms with Gasteiger partial charge in [-0.2, -0.15) is 14.9 Å². The monoisotopic (exact) mass is 408 g/mol. The van der Waals surface area contributed by atoms with Gasteiger partial charge in [0.05, 0.1) is 29.2 Å². The Morgan fingerprint density at radius 2 is 2.14 bits per heavy atom. The van der Waals surface area contributed by atoms with Crippen LogP contribution in [-0.2, 0) is 11.8 Å². The van der Waals surface area contributed by atoms with Gasteiger partial charge >= 0.3 is 0 Å². The molecule has 0 saturated carbocycles. The lowest BCUT2D eigenvalue weighted by atomic mass is 9.86. The summed E-state index contributed by atoms with van der Waals surface area (Å²) in [5, 5.41) is 12.8. The molecule has 0 spiro atoms. The fourth-order valence-electron chi connectivity index (χ4n) is 3.92. The van der Waals surface area contributed by atoms with Crippen LogP contribution in [-0.4, -0.2) is 37.6 Å². The highest BCUT2D eigenvalue weighted by Crippen LogP contribution is 2.42. The summed E-state index contributed by atoms with van der Waals surface area (Å²) in [7, 11) is 3.56. The van der Waals surface area contributed by atoms with E-state index in [-0.39, 0.29) is 11.8 Å². The van der Waals surface area contributed by atoms with E-state index in [1.54, 1.807) is 11.8 Å². The molecule has 0 unspecified atom stereocenters. The zero-order valence-corrected chi connectivity index (χ0v) is 17.4. The number of benzene rings is 1. The third-order valence-electron chi connectivity index (χ3n) is 5.52. The summed E-state index contributed by atoms with van der Waals surface area (Å²) in [6.07, 6.45) is 2.23. The molecule has 148 valence electrons. The number of amides is 1. The SMILES string of the molecule is COc1ccc2nc(-n3nc(C)c4c3NC(=O)C[C@H]4c3cnn(C)c3C)sc2c1. The third kappa shape index (κ3) is 2.72. The highest BCUT2D eigenvalue weighted by atomic mass is 32.1. The van der Waals surface area contributed by atoms with Gasteiger partial charge in [-0.05, 0) is 32.0 Å². The predicted octanol–water partition coefficient (Wildman–Crippen LogP) is 3.32. The Morgan fingerprint density at radius 1 is 1.31 bits per heavy atom. The van der Waals surface area contributed by atoms with Crippen molar-refractivity contribution >= 4 is 33.3 Å². The van der Waals surface area contributed by atoms with E-state index in [9.17, 15) is 4.79 Å². The van der Waals surface area contributed by atoms with Crippen molar-refractivity contribution in [3.8, 4) is 10.9 Å². The minimum atomic E-state index is -0.0735. The average molecular weight is 408 g/mol. The van der Waals surface area contributed by atoms with E-state index in [1.165, 1.54) is 11.3 Å². The summed E-state index contributed by atoms with van der Waals surface area (Å²) in [6.45, 7) is 4.00. The number of nitrogens with zero attached hydrogens (tertiary/aromatic N) is 5. The molecular weight excluding hydrogens is 388 g/mol. The number of nitrogens with one attached hydrogen (secondary N) is 1. The summed E-state index contributed by atoms with van der Waals surface area (Å²) in [5.74, 6) is 1.37. The number of hydrogen-bond donors (Lipinski definition) is 1. The molecular formula is C20H20N6O2S. The van der Waals surface area contributed by atoms with Crippen molar-refractivity contribution in [3.63, 3.8) is 0 Å². The number of carbonyl (C=O) groups excluding carboxylic acids is 1. The molecule has 1 aromatic carbocycles. The molecule has 4 heterocycles. The van der Waals surface area contributed by atoms with Crippen LogP contribution in [0, 0.1) is 13.8 Å². The molecule has 4 aromatic rings. The maximum Gasteiger partial charge on any atom is 0.226 e. The van der Waals surface area contributed by atoms with Crippen LogP contribution in [0.25, 0.3) is 15.3 Å². The minimum absolute atomic E-state index is 0.0327. The number of ether oxygens (including phenoxy) is 1. The van der Waals surface area contributed by atoms with E-state index in [4.69, 9.17) is 14.8 Å². The first kappa shape index (κ1) is 17.9. The molecule has 3 aromatic heterocycles. The fraction of sp³-hybridized carbons (Fsp3) is 0.300. The van der Waals surface area contributed by atoms with Gasteiger partial charge in [0.1, 0.15) is 11.6 Å². The molecule has 0 radical (unpaired) electrons. The molecule has 5 rings (SSSR count). The number of fused-ring (bicyclic) bond motifs is 2. The highest BCUT2D eigenvalue weighted by Gasteiger charge is 2.34. The first-order valence-electron chi connectivity index (χ1n) is 9.29. The molecule has 1 amide bonds. The van der Waals surface area contributed by atoms with Crippen LogP contribution in [0.4, 0.5) is 5.82 Å². The van der Waals surface area contributed by atoms with Gasteiger partial charge < -0.3 is 10.1 Å². The second kappa shape index (κ2) is 6.41. The summed E-state index contributed by atoms with van der Waals surface area (Å²) >= 11 is 1.51. The van der Waals surface area contributed by atoms with Gasteiger partial charge in [0.25, 0.3) is 0 Å². The van der Waals surface area contributed by atoms with Crippen molar-refractivity contribution in [1.29, 1.82) is 0 Å². The van der Waals surface area contributed by atoms with Crippen molar-refractivity contribution in [2.24, 2.45) is 7.05 Å². The van der Waals surface area contributed by atoms with E-state index >= 15 is 0 Å². The molecule has 9 heteroatoms. The highest BCUT2D eigenvalue weighted by molar-refractivity contribution is 7.20. The van der Waals surface area contributed by atoms with E-state index in [1.807, 2.05) is 50.0 Å².